The predicted octanol–water partition coefficient (Wildman–Crippen LogP) is 1.48. The third kappa shape index (κ3) is 2.08. The molecule has 1 aromatic heterocycles. The van der Waals surface area contributed by atoms with Crippen molar-refractivity contribution in [3.8, 4) is 0 Å². The maximum absolute atomic E-state index is 4.31. The van der Waals surface area contributed by atoms with Gasteiger partial charge in [-0.25, -0.2) is 4.98 Å². The van der Waals surface area contributed by atoms with Gasteiger partial charge in [-0.1, -0.05) is 13.3 Å². The first-order valence-corrected chi connectivity index (χ1v) is 4.43. The molecule has 0 bridgehead atoms. The van der Waals surface area contributed by atoms with Gasteiger partial charge in [-0.2, -0.15) is 0 Å². The first-order valence-electron chi connectivity index (χ1n) is 4.43. The second-order valence-corrected chi connectivity index (χ2v) is 3.09. The van der Waals surface area contributed by atoms with Crippen LogP contribution in [0.4, 0.5) is 0 Å². The zero-order valence-electron chi connectivity index (χ0n) is 8.04. The molecule has 0 aliphatic heterocycles. The van der Waals surface area contributed by atoms with E-state index >= 15 is 0 Å². The molecule has 0 aliphatic carbocycles. The minimum atomic E-state index is 0.413. The number of hydrogen-bond donors (Lipinski definition) is 1. The Morgan fingerprint density at radius 1 is 1.67 bits per heavy atom. The molecule has 1 unspecified atom stereocenters. The molecule has 1 aromatic rings. The summed E-state index contributed by atoms with van der Waals surface area (Å²) < 4.78 is 1.98. The fraction of sp³-hybridized carbons (Fsp3) is 0.667. The Morgan fingerprint density at radius 3 is 2.83 bits per heavy atom. The van der Waals surface area contributed by atoms with Gasteiger partial charge < -0.3 is 9.88 Å². The van der Waals surface area contributed by atoms with Gasteiger partial charge in [0.15, 0.2) is 0 Å². The third-order valence-corrected chi connectivity index (χ3v) is 2.01. The summed E-state index contributed by atoms with van der Waals surface area (Å²) in [6.07, 6.45) is 6.24. The lowest BCUT2D eigenvalue weighted by atomic mass is 10.1. The first kappa shape index (κ1) is 9.26. The van der Waals surface area contributed by atoms with E-state index in [0.717, 1.165) is 12.1 Å². The molecule has 1 heterocycles. The molecule has 0 radical (unpaired) electrons. The Hall–Kier alpha value is -0.830. The topological polar surface area (TPSA) is 29.9 Å². The van der Waals surface area contributed by atoms with E-state index in [1.165, 1.54) is 6.42 Å². The van der Waals surface area contributed by atoms with Crippen LogP contribution in [-0.2, 0) is 7.05 Å². The summed E-state index contributed by atoms with van der Waals surface area (Å²) in [7, 11) is 3.98. The molecule has 0 aliphatic rings. The van der Waals surface area contributed by atoms with Crippen molar-refractivity contribution < 1.29 is 0 Å². The van der Waals surface area contributed by atoms with Crippen LogP contribution in [0.25, 0.3) is 0 Å². The molecule has 0 fully saturated rings. The van der Waals surface area contributed by atoms with Crippen molar-refractivity contribution in [1.29, 1.82) is 0 Å². The Bertz CT molecular complexity index is 229. The third-order valence-electron chi connectivity index (χ3n) is 2.01. The number of nitrogens with zero attached hydrogens (tertiary/aromatic N) is 2. The van der Waals surface area contributed by atoms with Crippen molar-refractivity contribution in [2.75, 3.05) is 7.05 Å². The largest absolute Gasteiger partial charge is 0.340 e. The van der Waals surface area contributed by atoms with Crippen LogP contribution in [0, 0.1) is 0 Å². The highest BCUT2D eigenvalue weighted by Gasteiger charge is 2.09. The highest BCUT2D eigenvalue weighted by molar-refractivity contribution is 5.02. The summed E-state index contributed by atoms with van der Waals surface area (Å²) >= 11 is 0. The molecule has 3 nitrogen and oxygen atoms in total. The fourth-order valence-electron chi connectivity index (χ4n) is 1.34. The smallest absolute Gasteiger partial charge is 0.0947 e. The maximum Gasteiger partial charge on any atom is 0.0947 e. The second-order valence-electron chi connectivity index (χ2n) is 3.09. The van der Waals surface area contributed by atoms with Gasteiger partial charge in [-0.3, -0.25) is 0 Å². The van der Waals surface area contributed by atoms with Gasteiger partial charge in [-0.05, 0) is 13.5 Å². The molecule has 1 rings (SSSR count). The molecule has 0 aromatic carbocycles. The van der Waals surface area contributed by atoms with Crippen molar-refractivity contribution in [2.24, 2.45) is 7.05 Å². The monoisotopic (exact) mass is 167 g/mol. The number of aryl methyl sites for hydroxylation is 1. The van der Waals surface area contributed by atoms with Crippen molar-refractivity contribution in [3.05, 3.63) is 18.2 Å². The van der Waals surface area contributed by atoms with Crippen molar-refractivity contribution >= 4 is 0 Å². The van der Waals surface area contributed by atoms with Gasteiger partial charge in [0.2, 0.25) is 0 Å². The molecule has 0 amide bonds. The van der Waals surface area contributed by atoms with Crippen molar-refractivity contribution in [1.82, 2.24) is 14.9 Å². The Morgan fingerprint density at radius 2 is 2.42 bits per heavy atom. The van der Waals surface area contributed by atoms with Crippen LogP contribution >= 0.6 is 0 Å². The molecule has 12 heavy (non-hydrogen) atoms. The summed E-state index contributed by atoms with van der Waals surface area (Å²) in [6, 6.07) is 0.413. The van der Waals surface area contributed by atoms with Crippen LogP contribution < -0.4 is 5.32 Å². The van der Waals surface area contributed by atoms with Crippen molar-refractivity contribution in [2.45, 2.75) is 25.8 Å². The lowest BCUT2D eigenvalue weighted by Crippen LogP contribution is -2.16. The van der Waals surface area contributed by atoms with E-state index in [2.05, 4.69) is 23.4 Å². The van der Waals surface area contributed by atoms with Gasteiger partial charge in [0.25, 0.3) is 0 Å². The fourth-order valence-corrected chi connectivity index (χ4v) is 1.34. The van der Waals surface area contributed by atoms with E-state index in [-0.39, 0.29) is 0 Å². The zero-order valence-corrected chi connectivity index (χ0v) is 8.04. The Balaban J connectivity index is 2.66. The number of nitrogens with one attached hydrogen (secondary N) is 1. The van der Waals surface area contributed by atoms with Crippen LogP contribution in [0.3, 0.4) is 0 Å². The van der Waals surface area contributed by atoms with E-state index in [1.54, 1.807) is 0 Å². The lowest BCUT2D eigenvalue weighted by molar-refractivity contribution is 0.530. The quantitative estimate of drug-likeness (QED) is 0.736. The highest BCUT2D eigenvalue weighted by atomic mass is 15.0. The molecule has 0 spiro atoms. The number of hydrogen-bond acceptors (Lipinski definition) is 2. The van der Waals surface area contributed by atoms with Gasteiger partial charge in [-0.15, -0.1) is 0 Å². The molecule has 68 valence electrons. The van der Waals surface area contributed by atoms with E-state index in [9.17, 15) is 0 Å². The number of rotatable bonds is 4. The van der Waals surface area contributed by atoms with Gasteiger partial charge in [0.1, 0.15) is 0 Å². The van der Waals surface area contributed by atoms with E-state index in [0.29, 0.717) is 6.04 Å². The summed E-state index contributed by atoms with van der Waals surface area (Å²) in [6.45, 7) is 2.19. The Labute approximate surface area is 73.8 Å². The number of aromatic nitrogens is 2. The highest BCUT2D eigenvalue weighted by Crippen LogP contribution is 2.14. The average Bonchev–Trinajstić information content (AvgIpc) is 2.47. The van der Waals surface area contributed by atoms with E-state index in [4.69, 9.17) is 0 Å². The standard InChI is InChI=1S/C9H17N3/c1-4-5-8(10-2)9-6-12(3)7-11-9/h6-8,10H,4-5H2,1-3H3. The minimum absolute atomic E-state index is 0.413. The van der Waals surface area contributed by atoms with E-state index < -0.39 is 0 Å². The van der Waals surface area contributed by atoms with Crippen LogP contribution in [0.5, 0.6) is 0 Å². The normalized spacial score (nSPS) is 13.2. The summed E-state index contributed by atoms with van der Waals surface area (Å²) in [4.78, 5) is 4.31. The SMILES string of the molecule is CCCC(NC)c1cn(C)cn1. The molecule has 0 saturated heterocycles. The molecule has 0 saturated carbocycles. The average molecular weight is 167 g/mol. The Kier molecular flexibility index (Phi) is 3.29. The minimum Gasteiger partial charge on any atom is -0.340 e. The van der Waals surface area contributed by atoms with Crippen LogP contribution in [0.15, 0.2) is 12.5 Å². The van der Waals surface area contributed by atoms with Crippen LogP contribution in [0.1, 0.15) is 31.5 Å². The molecule has 1 atom stereocenters. The molecule has 3 heteroatoms. The first-order chi connectivity index (χ1) is 5.77. The van der Waals surface area contributed by atoms with Gasteiger partial charge in [0, 0.05) is 13.2 Å². The molecule has 1 N–H and O–H groups in total. The zero-order chi connectivity index (χ0) is 8.97. The summed E-state index contributed by atoms with van der Waals surface area (Å²) in [5.41, 5.74) is 1.14. The van der Waals surface area contributed by atoms with Crippen LogP contribution in [-0.4, -0.2) is 16.6 Å². The maximum atomic E-state index is 4.31. The lowest BCUT2D eigenvalue weighted by Gasteiger charge is -2.11. The van der Waals surface area contributed by atoms with Gasteiger partial charge >= 0.3 is 0 Å². The summed E-state index contributed by atoms with van der Waals surface area (Å²) in [5.74, 6) is 0. The molecular formula is C9H17N3. The number of imidazole rings is 1. The van der Waals surface area contributed by atoms with Gasteiger partial charge in [0.05, 0.1) is 18.1 Å². The van der Waals surface area contributed by atoms with Crippen LogP contribution in [0.2, 0.25) is 0 Å². The van der Waals surface area contributed by atoms with Crippen molar-refractivity contribution in [3.63, 3.8) is 0 Å². The molecular weight excluding hydrogens is 150 g/mol. The summed E-state index contributed by atoms with van der Waals surface area (Å²) in [5, 5.41) is 3.26. The van der Waals surface area contributed by atoms with E-state index in [1.807, 2.05) is 25.0 Å². The predicted molar refractivity (Wildman–Crippen MR) is 49.9 cm³/mol. The second kappa shape index (κ2) is 4.26.